The van der Waals surface area contributed by atoms with E-state index >= 15 is 0 Å². The first-order chi connectivity index (χ1) is 16.2. The Morgan fingerprint density at radius 3 is 2.46 bits per heavy atom. The van der Waals surface area contributed by atoms with E-state index in [0.29, 0.717) is 0 Å². The van der Waals surface area contributed by atoms with Crippen molar-refractivity contribution < 1.29 is 29.3 Å². The number of rotatable bonds is 2. The molecule has 1 aromatic heterocycles. The highest BCUT2D eigenvalue weighted by molar-refractivity contribution is 5.88. The highest BCUT2D eigenvalue weighted by Gasteiger charge is 2.42. The van der Waals surface area contributed by atoms with Gasteiger partial charge in [0.1, 0.15) is 11.9 Å². The van der Waals surface area contributed by atoms with Gasteiger partial charge in [0, 0.05) is 12.1 Å². The SMILES string of the molecule is C/C(=C\c1ccccn1)[C@@H]1COC(C)(C)CCC[C@H](C)[C@H](O)[C@@H](C)C(=O)C(C)(C)[C@@H](O)CC(=O)O1. The van der Waals surface area contributed by atoms with E-state index in [0.717, 1.165) is 30.5 Å². The molecule has 2 heterocycles. The van der Waals surface area contributed by atoms with Gasteiger partial charge in [-0.05, 0) is 63.3 Å². The molecule has 7 nitrogen and oxygen atoms in total. The highest BCUT2D eigenvalue weighted by atomic mass is 16.6. The van der Waals surface area contributed by atoms with Gasteiger partial charge >= 0.3 is 5.97 Å². The molecule has 0 spiro atoms. The van der Waals surface area contributed by atoms with Gasteiger partial charge in [-0.3, -0.25) is 14.6 Å². The van der Waals surface area contributed by atoms with E-state index in [1.807, 2.05) is 52.0 Å². The maximum Gasteiger partial charge on any atom is 0.309 e. The van der Waals surface area contributed by atoms with E-state index in [1.165, 1.54) is 0 Å². The summed E-state index contributed by atoms with van der Waals surface area (Å²) in [5.74, 6) is -1.64. The van der Waals surface area contributed by atoms with Crippen LogP contribution in [0.5, 0.6) is 0 Å². The Hall–Kier alpha value is -2.09. The molecule has 1 aliphatic rings. The Labute approximate surface area is 209 Å². The molecule has 0 aliphatic carbocycles. The zero-order chi connectivity index (χ0) is 26.4. The average molecular weight is 490 g/mol. The van der Waals surface area contributed by atoms with E-state index in [2.05, 4.69) is 4.98 Å². The number of hydrogen-bond donors (Lipinski definition) is 2. The van der Waals surface area contributed by atoms with Crippen molar-refractivity contribution >= 4 is 17.8 Å². The van der Waals surface area contributed by atoms with Crippen LogP contribution in [0.25, 0.3) is 6.08 Å². The summed E-state index contributed by atoms with van der Waals surface area (Å²) in [5.41, 5.74) is -0.186. The van der Waals surface area contributed by atoms with Crippen LogP contribution in [0.2, 0.25) is 0 Å². The summed E-state index contributed by atoms with van der Waals surface area (Å²) in [6, 6.07) is 5.57. The molecule has 0 aromatic carbocycles. The number of Topliss-reactive ketones (excluding diaryl/α,β-unsaturated/α-hetero) is 1. The zero-order valence-electron chi connectivity index (χ0n) is 22.3. The number of hydrogen-bond acceptors (Lipinski definition) is 7. The number of aliphatic hydroxyl groups excluding tert-OH is 2. The Morgan fingerprint density at radius 1 is 1.14 bits per heavy atom. The molecule has 0 unspecified atom stereocenters. The number of ether oxygens (including phenoxy) is 2. The molecule has 2 N–H and O–H groups in total. The fourth-order valence-corrected chi connectivity index (χ4v) is 4.46. The number of aromatic nitrogens is 1. The third-order valence-electron chi connectivity index (χ3n) is 7.25. The Morgan fingerprint density at radius 2 is 1.83 bits per heavy atom. The second-order valence-corrected chi connectivity index (χ2v) is 11.1. The number of pyridine rings is 1. The summed E-state index contributed by atoms with van der Waals surface area (Å²) in [5, 5.41) is 21.6. The lowest BCUT2D eigenvalue weighted by molar-refractivity contribution is -0.159. The molecular weight excluding hydrogens is 446 g/mol. The van der Waals surface area contributed by atoms with Gasteiger partial charge in [-0.25, -0.2) is 0 Å². The monoisotopic (exact) mass is 489 g/mol. The minimum atomic E-state index is -1.25. The number of cyclic esters (lactones) is 1. The van der Waals surface area contributed by atoms with Crippen molar-refractivity contribution in [1.82, 2.24) is 4.98 Å². The molecule has 1 aromatic rings. The van der Waals surface area contributed by atoms with Gasteiger partial charge < -0.3 is 19.7 Å². The lowest BCUT2D eigenvalue weighted by Gasteiger charge is -2.35. The van der Waals surface area contributed by atoms with E-state index in [9.17, 15) is 19.8 Å². The number of ketones is 1. The molecule has 2 rings (SSSR count). The first kappa shape index (κ1) is 29.1. The maximum absolute atomic E-state index is 13.2. The predicted octanol–water partition coefficient (Wildman–Crippen LogP) is 4.36. The largest absolute Gasteiger partial charge is 0.455 e. The standard InChI is InChI=1S/C28H43NO6/c1-18-11-10-13-27(4,5)34-17-22(19(2)15-21-12-8-9-14-29-21)35-24(31)16-23(30)28(6,7)26(33)20(3)25(18)32/h8-9,12,14-15,18,20,22-23,25,30,32H,10-11,13,16-17H2,1-7H3/b19-15+/t18-,20+,22-,23-,25-/m0/s1. The topological polar surface area (TPSA) is 106 Å². The van der Waals surface area contributed by atoms with Crippen LogP contribution in [0, 0.1) is 17.3 Å². The van der Waals surface area contributed by atoms with Crippen LogP contribution in [-0.2, 0) is 19.1 Å². The Kier molecular flexibility index (Phi) is 10.2. The lowest BCUT2D eigenvalue weighted by atomic mass is 9.73. The molecule has 35 heavy (non-hydrogen) atoms. The van der Waals surface area contributed by atoms with E-state index in [1.54, 1.807) is 27.0 Å². The number of nitrogens with zero attached hydrogens (tertiary/aromatic N) is 1. The van der Waals surface area contributed by atoms with Crippen molar-refractivity contribution in [2.24, 2.45) is 17.3 Å². The normalized spacial score (nSPS) is 31.6. The molecule has 0 saturated carbocycles. The van der Waals surface area contributed by atoms with Crippen LogP contribution in [-0.4, -0.2) is 57.5 Å². The number of carbonyl (C=O) groups excluding carboxylic acids is 2. The number of esters is 1. The van der Waals surface area contributed by atoms with Gasteiger partial charge in [0.05, 0.1) is 41.9 Å². The Balaban J connectivity index is 2.33. The Bertz CT molecular complexity index is 879. The summed E-state index contributed by atoms with van der Waals surface area (Å²) in [4.78, 5) is 30.4. The zero-order valence-corrected chi connectivity index (χ0v) is 22.3. The van der Waals surface area contributed by atoms with E-state index in [-0.39, 0.29) is 24.7 Å². The van der Waals surface area contributed by atoms with Gasteiger partial charge in [0.15, 0.2) is 0 Å². The van der Waals surface area contributed by atoms with Crippen molar-refractivity contribution in [2.75, 3.05) is 6.61 Å². The minimum Gasteiger partial charge on any atom is -0.455 e. The van der Waals surface area contributed by atoms with E-state index in [4.69, 9.17) is 9.47 Å². The van der Waals surface area contributed by atoms with Crippen LogP contribution < -0.4 is 0 Å². The number of carbonyl (C=O) groups is 2. The van der Waals surface area contributed by atoms with E-state index < -0.39 is 41.2 Å². The molecule has 0 amide bonds. The summed E-state index contributed by atoms with van der Waals surface area (Å²) >= 11 is 0. The highest BCUT2D eigenvalue weighted by Crippen LogP contribution is 2.33. The van der Waals surface area contributed by atoms with Gasteiger partial charge in [0.25, 0.3) is 0 Å². The second kappa shape index (κ2) is 12.2. The third-order valence-corrected chi connectivity index (χ3v) is 7.25. The summed E-state index contributed by atoms with van der Waals surface area (Å²) in [6.45, 7) is 12.8. The van der Waals surface area contributed by atoms with Gasteiger partial charge in [-0.2, -0.15) is 0 Å². The first-order valence-corrected chi connectivity index (χ1v) is 12.6. The minimum absolute atomic E-state index is 0.0909. The van der Waals surface area contributed by atoms with Gasteiger partial charge in [-0.1, -0.05) is 40.2 Å². The van der Waals surface area contributed by atoms with Crippen LogP contribution in [0.15, 0.2) is 30.0 Å². The van der Waals surface area contributed by atoms with Crippen molar-refractivity contribution in [2.45, 2.75) is 98.1 Å². The van der Waals surface area contributed by atoms with Crippen LogP contribution >= 0.6 is 0 Å². The molecule has 1 aliphatic heterocycles. The summed E-state index contributed by atoms with van der Waals surface area (Å²) in [7, 11) is 0. The maximum atomic E-state index is 13.2. The first-order valence-electron chi connectivity index (χ1n) is 12.6. The smallest absolute Gasteiger partial charge is 0.309 e. The molecule has 0 radical (unpaired) electrons. The molecule has 1 saturated heterocycles. The fourth-order valence-electron chi connectivity index (χ4n) is 4.46. The van der Waals surface area contributed by atoms with Crippen molar-refractivity contribution in [1.29, 1.82) is 0 Å². The molecule has 196 valence electrons. The lowest BCUT2D eigenvalue weighted by Crippen LogP contribution is -2.46. The fraction of sp³-hybridized carbons (Fsp3) is 0.679. The second-order valence-electron chi connectivity index (χ2n) is 11.1. The van der Waals surface area contributed by atoms with Crippen LogP contribution in [0.3, 0.4) is 0 Å². The number of aliphatic hydroxyl groups is 2. The predicted molar refractivity (Wildman–Crippen MR) is 135 cm³/mol. The van der Waals surface area contributed by atoms with Crippen LogP contribution in [0.1, 0.15) is 79.8 Å². The quantitative estimate of drug-likeness (QED) is 0.595. The summed E-state index contributed by atoms with van der Waals surface area (Å²) in [6.07, 6.45) is 2.76. The molecule has 0 bridgehead atoms. The summed E-state index contributed by atoms with van der Waals surface area (Å²) < 4.78 is 12.0. The van der Waals surface area contributed by atoms with Crippen LogP contribution in [0.4, 0.5) is 0 Å². The molecule has 7 heteroatoms. The van der Waals surface area contributed by atoms with Crippen molar-refractivity contribution in [3.63, 3.8) is 0 Å². The van der Waals surface area contributed by atoms with Crippen molar-refractivity contribution in [3.8, 4) is 0 Å². The third kappa shape index (κ3) is 8.23. The molecule has 5 atom stereocenters. The van der Waals surface area contributed by atoms with Gasteiger partial charge in [-0.15, -0.1) is 0 Å². The van der Waals surface area contributed by atoms with Gasteiger partial charge in [0.2, 0.25) is 0 Å². The van der Waals surface area contributed by atoms with Crippen molar-refractivity contribution in [3.05, 3.63) is 35.7 Å². The molecular formula is C28H43NO6. The molecule has 1 fully saturated rings. The average Bonchev–Trinajstić information content (AvgIpc) is 2.79.